The lowest BCUT2D eigenvalue weighted by Crippen LogP contribution is -2.33. The van der Waals surface area contributed by atoms with E-state index in [-0.39, 0.29) is 5.82 Å². The summed E-state index contributed by atoms with van der Waals surface area (Å²) >= 11 is 0. The van der Waals surface area contributed by atoms with E-state index in [4.69, 9.17) is 4.74 Å². The third kappa shape index (κ3) is 4.76. The van der Waals surface area contributed by atoms with Gasteiger partial charge in [0, 0.05) is 18.7 Å². The number of ether oxygens (including phenoxy) is 1. The molecule has 112 valence electrons. The van der Waals surface area contributed by atoms with E-state index in [2.05, 4.69) is 10.2 Å². The second kappa shape index (κ2) is 8.22. The number of hydrogen-bond acceptors (Lipinski definition) is 3. The molecule has 0 aromatic heterocycles. The van der Waals surface area contributed by atoms with Crippen molar-refractivity contribution in [2.24, 2.45) is 0 Å². The summed E-state index contributed by atoms with van der Waals surface area (Å²) in [5, 5.41) is 3.21. The Morgan fingerprint density at radius 3 is 2.80 bits per heavy atom. The van der Waals surface area contributed by atoms with Gasteiger partial charge in [-0.05, 0) is 50.7 Å². The van der Waals surface area contributed by atoms with E-state index < -0.39 is 0 Å². The third-order valence-corrected chi connectivity index (χ3v) is 3.70. The molecule has 1 heterocycles. The number of benzene rings is 1. The van der Waals surface area contributed by atoms with Gasteiger partial charge in [-0.1, -0.05) is 13.3 Å². The van der Waals surface area contributed by atoms with Gasteiger partial charge in [0.25, 0.3) is 0 Å². The molecule has 1 saturated heterocycles. The summed E-state index contributed by atoms with van der Waals surface area (Å²) in [6.45, 7) is 7.53. The predicted octanol–water partition coefficient (Wildman–Crippen LogP) is 2.80. The summed E-state index contributed by atoms with van der Waals surface area (Å²) < 4.78 is 19.1. The van der Waals surface area contributed by atoms with Gasteiger partial charge in [-0.3, -0.25) is 4.90 Å². The topological polar surface area (TPSA) is 24.5 Å². The van der Waals surface area contributed by atoms with Crippen LogP contribution in [-0.2, 0) is 6.54 Å². The van der Waals surface area contributed by atoms with E-state index in [0.29, 0.717) is 13.2 Å². The Morgan fingerprint density at radius 1 is 1.25 bits per heavy atom. The van der Waals surface area contributed by atoms with Gasteiger partial charge in [0.05, 0.1) is 0 Å². The first-order chi connectivity index (χ1) is 9.79. The smallest absolute Gasteiger partial charge is 0.124 e. The first-order valence-electron chi connectivity index (χ1n) is 7.64. The van der Waals surface area contributed by atoms with Gasteiger partial charge < -0.3 is 10.1 Å². The van der Waals surface area contributed by atoms with Crippen LogP contribution in [-0.4, -0.2) is 37.7 Å². The van der Waals surface area contributed by atoms with Gasteiger partial charge in [-0.15, -0.1) is 0 Å². The normalized spacial score (nSPS) is 16.3. The molecule has 1 aliphatic heterocycles. The van der Waals surface area contributed by atoms with Gasteiger partial charge in [-0.25, -0.2) is 4.39 Å². The van der Waals surface area contributed by atoms with Crippen molar-refractivity contribution in [3.63, 3.8) is 0 Å². The highest BCUT2D eigenvalue weighted by molar-refractivity contribution is 5.33. The maximum absolute atomic E-state index is 13.3. The number of hydrogen-bond donors (Lipinski definition) is 1. The minimum Gasteiger partial charge on any atom is -0.492 e. The average Bonchev–Trinajstić information content (AvgIpc) is 2.48. The molecule has 2 rings (SSSR count). The van der Waals surface area contributed by atoms with E-state index >= 15 is 0 Å². The van der Waals surface area contributed by atoms with Gasteiger partial charge >= 0.3 is 0 Å². The van der Waals surface area contributed by atoms with Crippen molar-refractivity contribution < 1.29 is 9.13 Å². The summed E-state index contributed by atoms with van der Waals surface area (Å²) in [6, 6.07) is 4.75. The highest BCUT2D eigenvalue weighted by atomic mass is 19.1. The first-order valence-corrected chi connectivity index (χ1v) is 7.64. The van der Waals surface area contributed by atoms with E-state index in [1.807, 2.05) is 6.92 Å². The Hall–Kier alpha value is -1.13. The number of piperidine rings is 1. The molecule has 1 aromatic carbocycles. The fraction of sp³-hybridized carbons (Fsp3) is 0.625. The average molecular weight is 280 g/mol. The van der Waals surface area contributed by atoms with Crippen LogP contribution in [0.1, 0.15) is 31.7 Å². The van der Waals surface area contributed by atoms with E-state index in [1.165, 1.54) is 38.4 Å². The monoisotopic (exact) mass is 280 g/mol. The molecule has 0 amide bonds. The molecule has 0 atom stereocenters. The van der Waals surface area contributed by atoms with Crippen molar-refractivity contribution in [3.8, 4) is 5.75 Å². The van der Waals surface area contributed by atoms with Crippen LogP contribution in [0.4, 0.5) is 4.39 Å². The van der Waals surface area contributed by atoms with Gasteiger partial charge in [0.1, 0.15) is 18.2 Å². The van der Waals surface area contributed by atoms with E-state index in [1.54, 1.807) is 12.1 Å². The van der Waals surface area contributed by atoms with Crippen molar-refractivity contribution in [1.82, 2.24) is 10.2 Å². The second-order valence-corrected chi connectivity index (χ2v) is 5.28. The molecule has 20 heavy (non-hydrogen) atoms. The minimum absolute atomic E-state index is 0.207. The van der Waals surface area contributed by atoms with Crippen molar-refractivity contribution in [3.05, 3.63) is 29.6 Å². The Bertz CT molecular complexity index is 405. The third-order valence-electron chi connectivity index (χ3n) is 3.70. The van der Waals surface area contributed by atoms with Gasteiger partial charge in [-0.2, -0.15) is 0 Å². The molecule has 0 aliphatic carbocycles. The maximum Gasteiger partial charge on any atom is 0.124 e. The molecule has 0 radical (unpaired) electrons. The second-order valence-electron chi connectivity index (χ2n) is 5.28. The van der Waals surface area contributed by atoms with Crippen LogP contribution in [0.25, 0.3) is 0 Å². The van der Waals surface area contributed by atoms with Crippen LogP contribution in [0, 0.1) is 5.82 Å². The van der Waals surface area contributed by atoms with Crippen LogP contribution in [0.3, 0.4) is 0 Å². The lowest BCUT2D eigenvalue weighted by molar-refractivity contribution is 0.182. The first kappa shape index (κ1) is 15.3. The molecule has 1 aromatic rings. The van der Waals surface area contributed by atoms with Crippen LogP contribution >= 0.6 is 0 Å². The standard InChI is InChI=1S/C16H25FN2O/c1-2-18-13-14-12-15(17)6-7-16(14)20-11-10-19-8-4-3-5-9-19/h6-7,12,18H,2-5,8-11,13H2,1H3. The molecule has 0 unspecified atom stereocenters. The minimum atomic E-state index is -0.207. The molecule has 0 spiro atoms. The summed E-state index contributed by atoms with van der Waals surface area (Å²) in [4.78, 5) is 2.44. The van der Waals surface area contributed by atoms with Crippen LogP contribution in [0.2, 0.25) is 0 Å². The van der Waals surface area contributed by atoms with E-state index in [9.17, 15) is 4.39 Å². The van der Waals surface area contributed by atoms with Gasteiger partial charge in [0.15, 0.2) is 0 Å². The zero-order valence-corrected chi connectivity index (χ0v) is 12.3. The molecule has 1 aliphatic rings. The summed E-state index contributed by atoms with van der Waals surface area (Å²) in [5.74, 6) is 0.589. The van der Waals surface area contributed by atoms with Crippen LogP contribution in [0.5, 0.6) is 5.75 Å². The quantitative estimate of drug-likeness (QED) is 0.831. The summed E-state index contributed by atoms with van der Waals surface area (Å²) in [5.41, 5.74) is 0.894. The largest absolute Gasteiger partial charge is 0.492 e. The zero-order chi connectivity index (χ0) is 14.2. The van der Waals surface area contributed by atoms with Crippen molar-refractivity contribution >= 4 is 0 Å². The molecule has 3 nitrogen and oxygen atoms in total. The fourth-order valence-electron chi connectivity index (χ4n) is 2.55. The summed E-state index contributed by atoms with van der Waals surface area (Å²) in [7, 11) is 0. The molecular formula is C16H25FN2O. The molecule has 4 heteroatoms. The Morgan fingerprint density at radius 2 is 2.05 bits per heavy atom. The zero-order valence-electron chi connectivity index (χ0n) is 12.3. The number of halogens is 1. The Labute approximate surface area is 121 Å². The maximum atomic E-state index is 13.3. The lowest BCUT2D eigenvalue weighted by Gasteiger charge is -2.26. The highest BCUT2D eigenvalue weighted by Gasteiger charge is 2.10. The Balaban J connectivity index is 1.84. The number of rotatable bonds is 7. The van der Waals surface area contributed by atoms with Crippen LogP contribution in [0.15, 0.2) is 18.2 Å². The Kier molecular flexibility index (Phi) is 6.27. The van der Waals surface area contributed by atoms with Crippen molar-refractivity contribution in [1.29, 1.82) is 0 Å². The van der Waals surface area contributed by atoms with Gasteiger partial charge in [0.2, 0.25) is 0 Å². The van der Waals surface area contributed by atoms with Crippen LogP contribution < -0.4 is 10.1 Å². The molecule has 0 saturated carbocycles. The molecule has 1 N–H and O–H groups in total. The van der Waals surface area contributed by atoms with E-state index in [0.717, 1.165) is 24.4 Å². The number of likely N-dealkylation sites (tertiary alicyclic amines) is 1. The lowest BCUT2D eigenvalue weighted by atomic mass is 10.1. The highest BCUT2D eigenvalue weighted by Crippen LogP contribution is 2.20. The summed E-state index contributed by atoms with van der Waals surface area (Å²) in [6.07, 6.45) is 3.94. The van der Waals surface area contributed by atoms with Crippen molar-refractivity contribution in [2.45, 2.75) is 32.7 Å². The molecular weight excluding hydrogens is 255 g/mol. The predicted molar refractivity (Wildman–Crippen MR) is 79.6 cm³/mol. The SMILES string of the molecule is CCNCc1cc(F)ccc1OCCN1CCCCC1. The fourth-order valence-corrected chi connectivity index (χ4v) is 2.55. The molecule has 0 bridgehead atoms. The number of nitrogens with zero attached hydrogens (tertiary/aromatic N) is 1. The van der Waals surface area contributed by atoms with Crippen molar-refractivity contribution in [2.75, 3.05) is 32.8 Å². The molecule has 1 fully saturated rings. The number of nitrogens with one attached hydrogen (secondary N) is 1.